The fourth-order valence-corrected chi connectivity index (χ4v) is 1.58. The van der Waals surface area contributed by atoms with Crippen molar-refractivity contribution >= 4 is 5.97 Å². The van der Waals surface area contributed by atoms with Gasteiger partial charge in [-0.05, 0) is 19.1 Å². The molecule has 0 aliphatic rings. The minimum absolute atomic E-state index is 0.0556. The fourth-order valence-electron chi connectivity index (χ4n) is 1.58. The van der Waals surface area contributed by atoms with Crippen LogP contribution >= 0.6 is 0 Å². The van der Waals surface area contributed by atoms with Crippen molar-refractivity contribution in [1.29, 1.82) is 0 Å². The van der Waals surface area contributed by atoms with Gasteiger partial charge < -0.3 is 4.74 Å². The van der Waals surface area contributed by atoms with Crippen LogP contribution in [0.1, 0.15) is 17.5 Å². The first-order valence-corrected chi connectivity index (χ1v) is 5.57. The predicted octanol–water partition coefficient (Wildman–Crippen LogP) is 1.94. The monoisotopic (exact) mass is 267 g/mol. The van der Waals surface area contributed by atoms with Gasteiger partial charge in [0, 0.05) is 7.05 Å². The van der Waals surface area contributed by atoms with E-state index in [0.29, 0.717) is 0 Å². The van der Waals surface area contributed by atoms with E-state index in [1.807, 2.05) is 0 Å². The molecule has 0 unspecified atom stereocenters. The molecule has 7 heteroatoms. The number of carbonyl (C=O) groups is 1. The third-order valence-corrected chi connectivity index (χ3v) is 2.41. The van der Waals surface area contributed by atoms with E-state index in [0.717, 1.165) is 6.07 Å². The Morgan fingerprint density at radius 1 is 1.42 bits per heavy atom. The van der Waals surface area contributed by atoms with Crippen LogP contribution < -0.4 is 0 Å². The molecule has 0 fully saturated rings. The zero-order chi connectivity index (χ0) is 14.0. The van der Waals surface area contributed by atoms with Gasteiger partial charge in [-0.3, -0.25) is 0 Å². The topological polar surface area (TPSA) is 57.0 Å². The molecule has 0 saturated carbocycles. The van der Waals surface area contributed by atoms with Crippen LogP contribution in [0.2, 0.25) is 0 Å². The van der Waals surface area contributed by atoms with E-state index in [-0.39, 0.29) is 23.8 Å². The molecule has 0 saturated heterocycles. The van der Waals surface area contributed by atoms with Gasteiger partial charge in [-0.15, -0.1) is 5.10 Å². The summed E-state index contributed by atoms with van der Waals surface area (Å²) in [6.45, 7) is 1.83. The third-order valence-electron chi connectivity index (χ3n) is 2.41. The number of aryl methyl sites for hydroxylation is 1. The van der Waals surface area contributed by atoms with Crippen molar-refractivity contribution in [2.75, 3.05) is 6.61 Å². The van der Waals surface area contributed by atoms with Crippen LogP contribution in [0.4, 0.5) is 8.78 Å². The quantitative estimate of drug-likeness (QED) is 0.797. The standard InChI is InChI=1S/C12H11F2N3O2/c1-3-19-12(18)10-15-11(17(2)16-10)7-5-4-6-8(13)9(7)14/h4-6H,3H2,1-2H3. The van der Waals surface area contributed by atoms with Crippen LogP contribution in [0, 0.1) is 11.6 Å². The van der Waals surface area contributed by atoms with Gasteiger partial charge in [-0.2, -0.15) is 0 Å². The summed E-state index contributed by atoms with van der Waals surface area (Å²) >= 11 is 0. The maximum Gasteiger partial charge on any atom is 0.378 e. The van der Waals surface area contributed by atoms with Crippen molar-refractivity contribution < 1.29 is 18.3 Å². The number of hydrogen-bond acceptors (Lipinski definition) is 4. The largest absolute Gasteiger partial charge is 0.460 e. The van der Waals surface area contributed by atoms with Crippen molar-refractivity contribution in [1.82, 2.24) is 14.8 Å². The molecule has 0 aliphatic heterocycles. The summed E-state index contributed by atoms with van der Waals surface area (Å²) in [5, 5.41) is 3.82. The third kappa shape index (κ3) is 2.44. The number of nitrogens with zero attached hydrogens (tertiary/aromatic N) is 3. The molecule has 1 aromatic heterocycles. The Balaban J connectivity index is 2.46. The second kappa shape index (κ2) is 5.13. The number of esters is 1. The van der Waals surface area contributed by atoms with Gasteiger partial charge >= 0.3 is 5.97 Å². The Morgan fingerprint density at radius 2 is 2.16 bits per heavy atom. The summed E-state index contributed by atoms with van der Waals surface area (Å²) in [4.78, 5) is 15.3. The molecular weight excluding hydrogens is 256 g/mol. The van der Waals surface area contributed by atoms with E-state index in [9.17, 15) is 13.6 Å². The van der Waals surface area contributed by atoms with Crippen molar-refractivity contribution in [3.05, 3.63) is 35.7 Å². The average molecular weight is 267 g/mol. The van der Waals surface area contributed by atoms with Crippen molar-refractivity contribution in [3.63, 3.8) is 0 Å². The molecule has 0 aliphatic carbocycles. The summed E-state index contributed by atoms with van der Waals surface area (Å²) in [5.41, 5.74) is -0.0643. The lowest BCUT2D eigenvalue weighted by Crippen LogP contribution is -2.07. The van der Waals surface area contributed by atoms with Crippen molar-refractivity contribution in [2.45, 2.75) is 6.92 Å². The molecule has 2 aromatic rings. The summed E-state index contributed by atoms with van der Waals surface area (Å²) in [6, 6.07) is 3.71. The van der Waals surface area contributed by atoms with E-state index in [4.69, 9.17) is 4.74 Å². The van der Waals surface area contributed by atoms with Gasteiger partial charge in [0.2, 0.25) is 0 Å². The molecule has 0 atom stereocenters. The molecule has 100 valence electrons. The Morgan fingerprint density at radius 3 is 2.84 bits per heavy atom. The smallest absolute Gasteiger partial charge is 0.378 e. The van der Waals surface area contributed by atoms with Crippen LogP contribution in [0.15, 0.2) is 18.2 Å². The number of hydrogen-bond donors (Lipinski definition) is 0. The SMILES string of the molecule is CCOC(=O)c1nc(-c2cccc(F)c2F)n(C)n1. The molecule has 0 N–H and O–H groups in total. The minimum Gasteiger partial charge on any atom is -0.460 e. The highest BCUT2D eigenvalue weighted by Gasteiger charge is 2.20. The molecule has 0 bridgehead atoms. The van der Waals surface area contributed by atoms with E-state index < -0.39 is 17.6 Å². The van der Waals surface area contributed by atoms with Crippen molar-refractivity contribution in [2.24, 2.45) is 7.05 Å². The lowest BCUT2D eigenvalue weighted by molar-refractivity contribution is 0.0512. The normalized spacial score (nSPS) is 10.5. The van der Waals surface area contributed by atoms with E-state index in [2.05, 4.69) is 10.1 Å². The molecular formula is C12H11F2N3O2. The van der Waals surface area contributed by atoms with Gasteiger partial charge in [0.05, 0.1) is 12.2 Å². The zero-order valence-electron chi connectivity index (χ0n) is 10.4. The molecule has 2 rings (SSSR count). The molecule has 0 radical (unpaired) electrons. The number of carbonyl (C=O) groups excluding carboxylic acids is 1. The Labute approximate surface area is 107 Å². The van der Waals surface area contributed by atoms with Crippen LogP contribution in [0.5, 0.6) is 0 Å². The summed E-state index contributed by atoms with van der Waals surface area (Å²) in [6.07, 6.45) is 0. The maximum atomic E-state index is 13.7. The Kier molecular flexibility index (Phi) is 3.55. The number of halogens is 2. The van der Waals surface area contributed by atoms with Gasteiger partial charge in [0.1, 0.15) is 0 Å². The highest BCUT2D eigenvalue weighted by atomic mass is 19.2. The van der Waals surface area contributed by atoms with Gasteiger partial charge in [-0.1, -0.05) is 6.07 Å². The molecule has 0 amide bonds. The second-order valence-electron chi connectivity index (χ2n) is 3.70. The predicted molar refractivity (Wildman–Crippen MR) is 62.3 cm³/mol. The lowest BCUT2D eigenvalue weighted by atomic mass is 10.2. The molecule has 5 nitrogen and oxygen atoms in total. The van der Waals surface area contributed by atoms with E-state index in [1.54, 1.807) is 6.92 Å². The van der Waals surface area contributed by atoms with E-state index in [1.165, 1.54) is 23.9 Å². The maximum absolute atomic E-state index is 13.7. The summed E-state index contributed by atoms with van der Waals surface area (Å²) < 4.78 is 32.8. The summed E-state index contributed by atoms with van der Waals surface area (Å²) in [7, 11) is 1.48. The Bertz CT molecular complexity index is 625. The van der Waals surface area contributed by atoms with Crippen LogP contribution in [-0.2, 0) is 11.8 Å². The first-order valence-electron chi connectivity index (χ1n) is 5.57. The number of aromatic nitrogens is 3. The molecule has 19 heavy (non-hydrogen) atoms. The number of ether oxygens (including phenoxy) is 1. The van der Waals surface area contributed by atoms with Gasteiger partial charge in [0.25, 0.3) is 5.82 Å². The second-order valence-corrected chi connectivity index (χ2v) is 3.70. The zero-order valence-corrected chi connectivity index (χ0v) is 10.4. The van der Waals surface area contributed by atoms with Crippen molar-refractivity contribution in [3.8, 4) is 11.4 Å². The Hall–Kier alpha value is -2.31. The average Bonchev–Trinajstić information content (AvgIpc) is 2.75. The lowest BCUT2D eigenvalue weighted by Gasteiger charge is -2.01. The first-order chi connectivity index (χ1) is 9.04. The molecule has 0 spiro atoms. The first kappa shape index (κ1) is 13.1. The number of benzene rings is 1. The minimum atomic E-state index is -1.03. The van der Waals surface area contributed by atoms with Crippen LogP contribution in [0.25, 0.3) is 11.4 Å². The highest BCUT2D eigenvalue weighted by Crippen LogP contribution is 2.22. The van der Waals surface area contributed by atoms with Gasteiger partial charge in [0.15, 0.2) is 17.5 Å². The molecule has 1 aromatic carbocycles. The van der Waals surface area contributed by atoms with E-state index >= 15 is 0 Å². The fraction of sp³-hybridized carbons (Fsp3) is 0.250. The van der Waals surface area contributed by atoms with Gasteiger partial charge in [-0.25, -0.2) is 23.2 Å². The number of rotatable bonds is 3. The summed E-state index contributed by atoms with van der Waals surface area (Å²) in [5.74, 6) is -2.86. The molecule has 1 heterocycles. The van der Waals surface area contributed by atoms with Crippen LogP contribution in [0.3, 0.4) is 0 Å². The highest BCUT2D eigenvalue weighted by molar-refractivity contribution is 5.85. The van der Waals surface area contributed by atoms with Crippen LogP contribution in [-0.4, -0.2) is 27.3 Å².